The van der Waals surface area contributed by atoms with Gasteiger partial charge in [-0.15, -0.1) is 0 Å². The second-order valence-corrected chi connectivity index (χ2v) is 4.10. The SMILES string of the molecule is CN1CCC(n2cnc(C(N)=O)c2)CC1. The van der Waals surface area contributed by atoms with Crippen molar-refractivity contribution in [1.82, 2.24) is 14.5 Å². The molecular weight excluding hydrogens is 192 g/mol. The first-order chi connectivity index (χ1) is 7.16. The van der Waals surface area contributed by atoms with E-state index in [0.29, 0.717) is 11.7 Å². The quantitative estimate of drug-likeness (QED) is 0.757. The molecule has 82 valence electrons. The number of likely N-dealkylation sites (tertiary alicyclic amines) is 1. The van der Waals surface area contributed by atoms with Crippen molar-refractivity contribution in [3.63, 3.8) is 0 Å². The molecule has 0 aliphatic carbocycles. The van der Waals surface area contributed by atoms with Gasteiger partial charge in [0.25, 0.3) is 5.91 Å². The van der Waals surface area contributed by atoms with Gasteiger partial charge >= 0.3 is 0 Å². The standard InChI is InChI=1S/C10H16N4O/c1-13-4-2-8(3-5-13)14-6-9(10(11)15)12-7-14/h6-8H,2-5H2,1H3,(H2,11,15). The largest absolute Gasteiger partial charge is 0.364 e. The van der Waals surface area contributed by atoms with Crippen LogP contribution in [0, 0.1) is 0 Å². The summed E-state index contributed by atoms with van der Waals surface area (Å²) in [5.74, 6) is -0.457. The second kappa shape index (κ2) is 4.02. The molecule has 1 aromatic rings. The smallest absolute Gasteiger partial charge is 0.268 e. The Morgan fingerprint density at radius 1 is 1.53 bits per heavy atom. The molecule has 1 saturated heterocycles. The Balaban J connectivity index is 2.06. The van der Waals surface area contributed by atoms with E-state index in [1.54, 1.807) is 12.5 Å². The van der Waals surface area contributed by atoms with Gasteiger partial charge in [0.05, 0.1) is 6.33 Å². The zero-order valence-electron chi connectivity index (χ0n) is 8.89. The molecule has 0 spiro atoms. The minimum atomic E-state index is -0.457. The summed E-state index contributed by atoms with van der Waals surface area (Å²) < 4.78 is 2.01. The van der Waals surface area contributed by atoms with Crippen molar-refractivity contribution in [1.29, 1.82) is 0 Å². The number of aromatic nitrogens is 2. The van der Waals surface area contributed by atoms with Crippen LogP contribution in [-0.4, -0.2) is 40.5 Å². The predicted octanol–water partition coefficient (Wildman–Crippen LogP) is 0.249. The summed E-state index contributed by atoms with van der Waals surface area (Å²) in [7, 11) is 2.12. The molecule has 0 aromatic carbocycles. The van der Waals surface area contributed by atoms with Crippen molar-refractivity contribution in [3.05, 3.63) is 18.2 Å². The Bertz CT molecular complexity index is 352. The molecule has 1 aromatic heterocycles. The van der Waals surface area contributed by atoms with Crippen LogP contribution in [-0.2, 0) is 0 Å². The van der Waals surface area contributed by atoms with E-state index in [0.717, 1.165) is 25.9 Å². The normalized spacial score (nSPS) is 19.3. The van der Waals surface area contributed by atoms with Crippen LogP contribution in [0.25, 0.3) is 0 Å². The maximum Gasteiger partial charge on any atom is 0.268 e. The van der Waals surface area contributed by atoms with Crippen molar-refractivity contribution in [2.24, 2.45) is 5.73 Å². The number of carbonyl (C=O) groups is 1. The van der Waals surface area contributed by atoms with E-state index in [-0.39, 0.29) is 0 Å². The highest BCUT2D eigenvalue weighted by Gasteiger charge is 2.18. The van der Waals surface area contributed by atoms with Gasteiger partial charge in [-0.2, -0.15) is 0 Å². The van der Waals surface area contributed by atoms with Crippen LogP contribution in [0.15, 0.2) is 12.5 Å². The van der Waals surface area contributed by atoms with Crippen molar-refractivity contribution >= 4 is 5.91 Å². The van der Waals surface area contributed by atoms with Gasteiger partial charge in [-0.25, -0.2) is 4.98 Å². The fourth-order valence-electron chi connectivity index (χ4n) is 1.96. The van der Waals surface area contributed by atoms with Crippen LogP contribution < -0.4 is 5.73 Å². The molecule has 5 nitrogen and oxygen atoms in total. The molecule has 1 aliphatic heterocycles. The minimum absolute atomic E-state index is 0.355. The van der Waals surface area contributed by atoms with E-state index >= 15 is 0 Å². The molecule has 0 unspecified atom stereocenters. The number of nitrogens with zero attached hydrogens (tertiary/aromatic N) is 3. The highest BCUT2D eigenvalue weighted by atomic mass is 16.1. The van der Waals surface area contributed by atoms with Crippen LogP contribution in [0.5, 0.6) is 0 Å². The molecule has 1 fully saturated rings. The van der Waals surface area contributed by atoms with E-state index < -0.39 is 5.91 Å². The lowest BCUT2D eigenvalue weighted by Crippen LogP contribution is -2.31. The van der Waals surface area contributed by atoms with Crippen LogP contribution in [0.4, 0.5) is 0 Å². The topological polar surface area (TPSA) is 64.2 Å². The average Bonchev–Trinajstić information content (AvgIpc) is 2.68. The molecule has 15 heavy (non-hydrogen) atoms. The number of imidazole rings is 1. The molecule has 2 N–H and O–H groups in total. The maximum atomic E-state index is 10.9. The summed E-state index contributed by atoms with van der Waals surface area (Å²) in [6.07, 6.45) is 5.66. The van der Waals surface area contributed by atoms with E-state index in [4.69, 9.17) is 5.73 Å². The Morgan fingerprint density at radius 3 is 2.73 bits per heavy atom. The highest BCUT2D eigenvalue weighted by Crippen LogP contribution is 2.21. The zero-order valence-corrected chi connectivity index (χ0v) is 8.89. The third-order valence-corrected chi connectivity index (χ3v) is 2.96. The monoisotopic (exact) mass is 208 g/mol. The van der Waals surface area contributed by atoms with Crippen LogP contribution in [0.3, 0.4) is 0 Å². The maximum absolute atomic E-state index is 10.9. The first-order valence-corrected chi connectivity index (χ1v) is 5.18. The summed E-state index contributed by atoms with van der Waals surface area (Å²) in [5.41, 5.74) is 5.51. The van der Waals surface area contributed by atoms with E-state index in [1.165, 1.54) is 0 Å². The first-order valence-electron chi connectivity index (χ1n) is 5.18. The number of piperidine rings is 1. The predicted molar refractivity (Wildman–Crippen MR) is 56.5 cm³/mol. The van der Waals surface area contributed by atoms with Crippen LogP contribution in [0.1, 0.15) is 29.4 Å². The molecule has 1 aliphatic rings. The summed E-state index contributed by atoms with van der Waals surface area (Å²) in [6.45, 7) is 2.18. The lowest BCUT2D eigenvalue weighted by atomic mass is 10.1. The highest BCUT2D eigenvalue weighted by molar-refractivity contribution is 5.90. The number of hydrogen-bond acceptors (Lipinski definition) is 3. The molecule has 0 saturated carbocycles. The minimum Gasteiger partial charge on any atom is -0.364 e. The van der Waals surface area contributed by atoms with Gasteiger partial charge in [0, 0.05) is 12.2 Å². The van der Waals surface area contributed by atoms with Gasteiger partial charge in [0.2, 0.25) is 0 Å². The third-order valence-electron chi connectivity index (χ3n) is 2.96. The Labute approximate surface area is 88.9 Å². The van der Waals surface area contributed by atoms with E-state index in [1.807, 2.05) is 4.57 Å². The summed E-state index contributed by atoms with van der Waals surface area (Å²) in [5, 5.41) is 0. The molecular formula is C10H16N4O. The number of rotatable bonds is 2. The molecule has 2 rings (SSSR count). The van der Waals surface area contributed by atoms with Crippen molar-refractivity contribution < 1.29 is 4.79 Å². The summed E-state index contributed by atoms with van der Waals surface area (Å²) >= 11 is 0. The van der Waals surface area contributed by atoms with Crippen molar-refractivity contribution in [2.45, 2.75) is 18.9 Å². The summed E-state index contributed by atoms with van der Waals surface area (Å²) in [4.78, 5) is 17.2. The van der Waals surface area contributed by atoms with Gasteiger partial charge in [-0.1, -0.05) is 0 Å². The van der Waals surface area contributed by atoms with Gasteiger partial charge in [0.15, 0.2) is 0 Å². The number of nitrogens with two attached hydrogens (primary N) is 1. The van der Waals surface area contributed by atoms with E-state index in [2.05, 4.69) is 16.9 Å². The third kappa shape index (κ3) is 2.18. The molecule has 0 bridgehead atoms. The van der Waals surface area contributed by atoms with Gasteiger partial charge in [-0.3, -0.25) is 4.79 Å². The van der Waals surface area contributed by atoms with Crippen molar-refractivity contribution in [2.75, 3.05) is 20.1 Å². The molecule has 5 heteroatoms. The number of amides is 1. The fraction of sp³-hybridized carbons (Fsp3) is 0.600. The average molecular weight is 208 g/mol. The fourth-order valence-corrected chi connectivity index (χ4v) is 1.96. The number of primary amides is 1. The van der Waals surface area contributed by atoms with E-state index in [9.17, 15) is 4.79 Å². The second-order valence-electron chi connectivity index (χ2n) is 4.10. The van der Waals surface area contributed by atoms with Gasteiger partial charge in [-0.05, 0) is 33.0 Å². The number of carbonyl (C=O) groups excluding carboxylic acids is 1. The van der Waals surface area contributed by atoms with Crippen molar-refractivity contribution in [3.8, 4) is 0 Å². The van der Waals surface area contributed by atoms with Crippen LogP contribution >= 0.6 is 0 Å². The van der Waals surface area contributed by atoms with Crippen LogP contribution in [0.2, 0.25) is 0 Å². The Hall–Kier alpha value is -1.36. The van der Waals surface area contributed by atoms with Gasteiger partial charge < -0.3 is 15.2 Å². The Kier molecular flexibility index (Phi) is 2.73. The summed E-state index contributed by atoms with van der Waals surface area (Å²) in [6, 6.07) is 0.460. The molecule has 0 radical (unpaired) electrons. The lowest BCUT2D eigenvalue weighted by Gasteiger charge is -2.29. The molecule has 2 heterocycles. The Morgan fingerprint density at radius 2 is 2.20 bits per heavy atom. The zero-order chi connectivity index (χ0) is 10.8. The molecule has 1 amide bonds. The van der Waals surface area contributed by atoms with Gasteiger partial charge in [0.1, 0.15) is 5.69 Å². The first kappa shape index (κ1) is 10.2. The lowest BCUT2D eigenvalue weighted by molar-refractivity contribution is 0.0996. The number of hydrogen-bond donors (Lipinski definition) is 1. The molecule has 0 atom stereocenters.